The molecule has 0 aliphatic heterocycles. The van der Waals surface area contributed by atoms with E-state index in [1.165, 1.54) is 25.4 Å². The third-order valence-electron chi connectivity index (χ3n) is 3.77. The highest BCUT2D eigenvalue weighted by Crippen LogP contribution is 2.29. The van der Waals surface area contributed by atoms with Gasteiger partial charge < -0.3 is 14.2 Å². The van der Waals surface area contributed by atoms with Gasteiger partial charge >= 0.3 is 11.7 Å². The molecule has 0 saturated carbocycles. The van der Waals surface area contributed by atoms with Crippen LogP contribution in [-0.2, 0) is 11.3 Å². The Bertz CT molecular complexity index is 971. The molecule has 0 bridgehead atoms. The summed E-state index contributed by atoms with van der Waals surface area (Å²) in [6.07, 6.45) is 1.42. The van der Waals surface area contributed by atoms with Gasteiger partial charge in [0.05, 0.1) is 17.6 Å². The molecule has 8 heteroatoms. The summed E-state index contributed by atoms with van der Waals surface area (Å²) in [5, 5.41) is 11.0. The highest BCUT2D eigenvalue weighted by Gasteiger charge is 2.16. The molecule has 2 aromatic carbocycles. The average molecular weight is 380 g/mol. The molecular formula is C20H16N2O6. The van der Waals surface area contributed by atoms with Crippen molar-refractivity contribution >= 4 is 11.7 Å². The van der Waals surface area contributed by atoms with Crippen LogP contribution in [0, 0.1) is 10.1 Å². The highest BCUT2D eigenvalue weighted by molar-refractivity contribution is 5.89. The zero-order valence-corrected chi connectivity index (χ0v) is 14.9. The number of hydrogen-bond donors (Lipinski definition) is 0. The number of nitrogens with zero attached hydrogens (tertiary/aromatic N) is 2. The SMILES string of the molecule is COC(=O)c1ccc(COc2ccc(Oc3ncccc3[N+](=O)[O-])cc2)cc1. The van der Waals surface area contributed by atoms with E-state index in [1.54, 1.807) is 48.5 Å². The first-order valence-corrected chi connectivity index (χ1v) is 8.24. The molecule has 0 N–H and O–H groups in total. The van der Waals surface area contributed by atoms with Crippen LogP contribution in [0.1, 0.15) is 15.9 Å². The lowest BCUT2D eigenvalue weighted by atomic mass is 10.1. The van der Waals surface area contributed by atoms with E-state index in [1.807, 2.05) is 0 Å². The molecular weight excluding hydrogens is 364 g/mol. The molecule has 0 aliphatic rings. The van der Waals surface area contributed by atoms with Gasteiger partial charge in [0.25, 0.3) is 5.88 Å². The Morgan fingerprint density at radius 1 is 1.04 bits per heavy atom. The predicted octanol–water partition coefficient (Wildman–Crippen LogP) is 4.15. The summed E-state index contributed by atoms with van der Waals surface area (Å²) < 4.78 is 15.8. The largest absolute Gasteiger partial charge is 0.489 e. The van der Waals surface area contributed by atoms with Crippen LogP contribution in [0.5, 0.6) is 17.4 Å². The number of carbonyl (C=O) groups is 1. The highest BCUT2D eigenvalue weighted by atomic mass is 16.6. The predicted molar refractivity (Wildman–Crippen MR) is 99.5 cm³/mol. The zero-order chi connectivity index (χ0) is 19.9. The number of benzene rings is 2. The summed E-state index contributed by atoms with van der Waals surface area (Å²) in [6, 6.07) is 16.3. The van der Waals surface area contributed by atoms with Crippen LogP contribution in [0.4, 0.5) is 5.69 Å². The van der Waals surface area contributed by atoms with Crippen molar-refractivity contribution in [2.24, 2.45) is 0 Å². The minimum absolute atomic E-state index is 0.0770. The average Bonchev–Trinajstić information content (AvgIpc) is 2.73. The second-order valence-electron chi connectivity index (χ2n) is 5.64. The molecule has 0 fully saturated rings. The van der Waals surface area contributed by atoms with E-state index < -0.39 is 10.9 Å². The zero-order valence-electron chi connectivity index (χ0n) is 14.9. The Morgan fingerprint density at radius 2 is 1.71 bits per heavy atom. The van der Waals surface area contributed by atoms with Crippen LogP contribution >= 0.6 is 0 Å². The quantitative estimate of drug-likeness (QED) is 0.345. The van der Waals surface area contributed by atoms with Crippen LogP contribution < -0.4 is 9.47 Å². The lowest BCUT2D eigenvalue weighted by Crippen LogP contribution is -2.02. The number of ether oxygens (including phenoxy) is 3. The second kappa shape index (κ2) is 8.63. The van der Waals surface area contributed by atoms with E-state index in [0.717, 1.165) is 5.56 Å². The van der Waals surface area contributed by atoms with E-state index in [0.29, 0.717) is 23.7 Å². The number of pyridine rings is 1. The maximum atomic E-state index is 11.4. The first kappa shape index (κ1) is 18.8. The minimum atomic E-state index is -0.550. The number of esters is 1. The van der Waals surface area contributed by atoms with Gasteiger partial charge in [0.15, 0.2) is 0 Å². The van der Waals surface area contributed by atoms with E-state index in [-0.39, 0.29) is 11.6 Å². The van der Waals surface area contributed by atoms with E-state index in [4.69, 9.17) is 9.47 Å². The van der Waals surface area contributed by atoms with Gasteiger partial charge in [0, 0.05) is 12.3 Å². The van der Waals surface area contributed by atoms with Gasteiger partial charge in [0.2, 0.25) is 0 Å². The van der Waals surface area contributed by atoms with E-state index in [2.05, 4.69) is 9.72 Å². The van der Waals surface area contributed by atoms with E-state index in [9.17, 15) is 14.9 Å². The Labute approximate surface area is 160 Å². The molecule has 142 valence electrons. The maximum Gasteiger partial charge on any atom is 0.337 e. The fraction of sp³-hybridized carbons (Fsp3) is 0.100. The fourth-order valence-corrected chi connectivity index (χ4v) is 2.34. The molecule has 0 aliphatic carbocycles. The Kier molecular flexibility index (Phi) is 5.81. The van der Waals surface area contributed by atoms with Crippen molar-refractivity contribution in [2.75, 3.05) is 7.11 Å². The maximum absolute atomic E-state index is 11.4. The second-order valence-corrected chi connectivity index (χ2v) is 5.64. The van der Waals surface area contributed by atoms with E-state index >= 15 is 0 Å². The van der Waals surface area contributed by atoms with Crippen molar-refractivity contribution in [1.29, 1.82) is 0 Å². The molecule has 0 unspecified atom stereocenters. The first-order valence-electron chi connectivity index (χ1n) is 8.24. The van der Waals surface area contributed by atoms with Crippen molar-refractivity contribution in [1.82, 2.24) is 4.98 Å². The number of nitro groups is 1. The Morgan fingerprint density at radius 3 is 2.36 bits per heavy atom. The minimum Gasteiger partial charge on any atom is -0.489 e. The Hall–Kier alpha value is -3.94. The van der Waals surface area contributed by atoms with Gasteiger partial charge in [-0.05, 0) is 48.0 Å². The summed E-state index contributed by atoms with van der Waals surface area (Å²) in [7, 11) is 1.33. The molecule has 0 radical (unpaired) electrons. The van der Waals surface area contributed by atoms with Gasteiger partial charge in [-0.25, -0.2) is 9.78 Å². The van der Waals surface area contributed by atoms with Crippen LogP contribution in [0.15, 0.2) is 66.9 Å². The molecule has 0 atom stereocenters. The fourth-order valence-electron chi connectivity index (χ4n) is 2.34. The van der Waals surface area contributed by atoms with Crippen molar-refractivity contribution in [3.8, 4) is 17.4 Å². The van der Waals surface area contributed by atoms with Crippen molar-refractivity contribution in [3.05, 3.63) is 88.1 Å². The molecule has 3 aromatic rings. The summed E-state index contributed by atoms with van der Waals surface area (Å²) in [4.78, 5) is 25.8. The van der Waals surface area contributed by atoms with Gasteiger partial charge in [-0.1, -0.05) is 12.1 Å². The molecule has 0 amide bonds. The Balaban J connectivity index is 1.60. The molecule has 1 heterocycles. The summed E-state index contributed by atoms with van der Waals surface area (Å²) >= 11 is 0. The number of methoxy groups -OCH3 is 1. The lowest BCUT2D eigenvalue weighted by molar-refractivity contribution is -0.386. The molecule has 0 spiro atoms. The first-order chi connectivity index (χ1) is 13.6. The summed E-state index contributed by atoms with van der Waals surface area (Å²) in [6.45, 7) is 0.313. The topological polar surface area (TPSA) is 101 Å². The summed E-state index contributed by atoms with van der Waals surface area (Å²) in [5.74, 6) is 0.527. The molecule has 0 saturated heterocycles. The van der Waals surface area contributed by atoms with Crippen LogP contribution in [0.3, 0.4) is 0 Å². The van der Waals surface area contributed by atoms with Gasteiger partial charge in [-0.2, -0.15) is 0 Å². The molecule has 1 aromatic heterocycles. The van der Waals surface area contributed by atoms with Crippen LogP contribution in [-0.4, -0.2) is 23.0 Å². The lowest BCUT2D eigenvalue weighted by Gasteiger charge is -2.09. The third-order valence-corrected chi connectivity index (χ3v) is 3.77. The normalized spacial score (nSPS) is 10.2. The molecule has 3 rings (SSSR count). The third kappa shape index (κ3) is 4.61. The standard InChI is InChI=1S/C20H16N2O6/c1-26-20(23)15-6-4-14(5-7-15)13-27-16-8-10-17(11-9-16)28-19-18(22(24)25)3-2-12-21-19/h2-12H,13H2,1H3. The van der Waals surface area contributed by atoms with Gasteiger partial charge in [-0.15, -0.1) is 0 Å². The van der Waals surface area contributed by atoms with Gasteiger partial charge in [0.1, 0.15) is 18.1 Å². The smallest absolute Gasteiger partial charge is 0.337 e. The summed E-state index contributed by atoms with van der Waals surface area (Å²) in [5.41, 5.74) is 1.15. The van der Waals surface area contributed by atoms with Gasteiger partial charge in [-0.3, -0.25) is 10.1 Å². The van der Waals surface area contributed by atoms with Crippen LogP contribution in [0.25, 0.3) is 0 Å². The number of rotatable bonds is 7. The monoisotopic (exact) mass is 380 g/mol. The number of carbonyl (C=O) groups excluding carboxylic acids is 1. The molecule has 28 heavy (non-hydrogen) atoms. The van der Waals surface area contributed by atoms with Crippen molar-refractivity contribution in [2.45, 2.75) is 6.61 Å². The van der Waals surface area contributed by atoms with Crippen molar-refractivity contribution in [3.63, 3.8) is 0 Å². The number of aromatic nitrogens is 1. The number of hydrogen-bond acceptors (Lipinski definition) is 7. The van der Waals surface area contributed by atoms with Crippen LogP contribution in [0.2, 0.25) is 0 Å². The molecule has 8 nitrogen and oxygen atoms in total. The van der Waals surface area contributed by atoms with Crippen molar-refractivity contribution < 1.29 is 23.9 Å².